The highest BCUT2D eigenvalue weighted by molar-refractivity contribution is 6.35. The molecular weight excluding hydrogens is 319 g/mol. The van der Waals surface area contributed by atoms with Crippen LogP contribution in [0, 0.1) is 13.8 Å². The second-order valence-electron chi connectivity index (χ2n) is 5.30. The lowest BCUT2D eigenvalue weighted by Crippen LogP contribution is -2.03. The molecule has 2 aromatic carbocycles. The molecule has 112 valence electrons. The van der Waals surface area contributed by atoms with E-state index in [0.717, 1.165) is 34.3 Å². The van der Waals surface area contributed by atoms with Crippen molar-refractivity contribution in [1.82, 2.24) is 9.55 Å². The van der Waals surface area contributed by atoms with Gasteiger partial charge >= 0.3 is 0 Å². The molecule has 0 unspecified atom stereocenters. The third-order valence-electron chi connectivity index (χ3n) is 3.74. The van der Waals surface area contributed by atoms with Crippen molar-refractivity contribution in [3.63, 3.8) is 0 Å². The molecule has 0 aliphatic heterocycles. The number of carbonyl (C=O) groups excluding carboxylic acids is 1. The zero-order valence-electron chi connectivity index (χ0n) is 12.2. The third kappa shape index (κ3) is 2.62. The number of imidazole rings is 1. The van der Waals surface area contributed by atoms with Gasteiger partial charge in [0.25, 0.3) is 0 Å². The maximum atomic E-state index is 11.1. The monoisotopic (exact) mass is 332 g/mol. The molecule has 0 saturated heterocycles. The Hall–Kier alpha value is -1.84. The molecule has 1 aromatic heterocycles. The fourth-order valence-corrected chi connectivity index (χ4v) is 3.09. The van der Waals surface area contributed by atoms with Crippen LogP contribution >= 0.6 is 23.2 Å². The summed E-state index contributed by atoms with van der Waals surface area (Å²) in [5.74, 6) is 0.882. The van der Waals surface area contributed by atoms with Gasteiger partial charge in [0, 0.05) is 15.6 Å². The van der Waals surface area contributed by atoms with E-state index in [4.69, 9.17) is 23.2 Å². The molecule has 0 aliphatic rings. The molecule has 0 bridgehead atoms. The van der Waals surface area contributed by atoms with E-state index in [0.29, 0.717) is 22.2 Å². The largest absolute Gasteiger partial charge is 0.324 e. The molecular formula is C17H14Cl2N2O. The first-order valence-electron chi connectivity index (χ1n) is 6.86. The molecule has 0 radical (unpaired) electrons. The van der Waals surface area contributed by atoms with Crippen LogP contribution in [0.1, 0.15) is 27.3 Å². The molecule has 0 fully saturated rings. The molecule has 0 spiro atoms. The van der Waals surface area contributed by atoms with E-state index >= 15 is 0 Å². The van der Waals surface area contributed by atoms with Gasteiger partial charge in [-0.1, -0.05) is 29.3 Å². The number of fused-ring (bicyclic) bond motifs is 1. The summed E-state index contributed by atoms with van der Waals surface area (Å²) >= 11 is 12.2. The van der Waals surface area contributed by atoms with E-state index in [1.165, 1.54) is 0 Å². The molecule has 22 heavy (non-hydrogen) atoms. The maximum Gasteiger partial charge on any atom is 0.150 e. The molecule has 1 heterocycles. The van der Waals surface area contributed by atoms with Crippen LogP contribution < -0.4 is 0 Å². The van der Waals surface area contributed by atoms with Gasteiger partial charge in [-0.15, -0.1) is 0 Å². The van der Waals surface area contributed by atoms with Gasteiger partial charge in [-0.05, 0) is 49.2 Å². The number of aryl methyl sites for hydroxylation is 2. The predicted octanol–water partition coefficient (Wildman–Crippen LogP) is 4.82. The number of benzene rings is 2. The fourth-order valence-electron chi connectivity index (χ4n) is 2.62. The number of hydrogen-bond acceptors (Lipinski definition) is 2. The van der Waals surface area contributed by atoms with Crippen LogP contribution in [-0.4, -0.2) is 15.8 Å². The molecule has 3 nitrogen and oxygen atoms in total. The highest BCUT2D eigenvalue weighted by atomic mass is 35.5. The van der Waals surface area contributed by atoms with Crippen LogP contribution in [-0.2, 0) is 6.54 Å². The normalized spacial score (nSPS) is 11.1. The van der Waals surface area contributed by atoms with Crippen molar-refractivity contribution in [2.45, 2.75) is 20.4 Å². The standard InChI is InChI=1S/C17H14Cl2N2O/c1-10-5-12(9-22)6-16-17(10)20-11(2)21(16)8-13-3-4-14(18)7-15(13)19/h3-7,9H,8H2,1-2H3. The zero-order chi connectivity index (χ0) is 15.9. The van der Waals surface area contributed by atoms with Crippen molar-refractivity contribution in [3.8, 4) is 0 Å². The highest BCUT2D eigenvalue weighted by Crippen LogP contribution is 2.26. The van der Waals surface area contributed by atoms with Crippen molar-refractivity contribution in [3.05, 3.63) is 62.9 Å². The molecule has 0 amide bonds. The SMILES string of the molecule is Cc1cc(C=O)cc2c1nc(C)n2Cc1ccc(Cl)cc1Cl. The fraction of sp³-hybridized carbons (Fsp3) is 0.176. The van der Waals surface area contributed by atoms with Gasteiger partial charge in [-0.2, -0.15) is 0 Å². The molecule has 3 aromatic rings. The van der Waals surface area contributed by atoms with Crippen molar-refractivity contribution in [2.24, 2.45) is 0 Å². The summed E-state index contributed by atoms with van der Waals surface area (Å²) in [6.45, 7) is 4.49. The van der Waals surface area contributed by atoms with Gasteiger partial charge < -0.3 is 4.57 Å². The summed E-state index contributed by atoms with van der Waals surface area (Å²) in [5, 5.41) is 1.23. The number of aldehydes is 1. The molecule has 0 saturated carbocycles. The number of aromatic nitrogens is 2. The van der Waals surface area contributed by atoms with Crippen molar-refractivity contribution in [1.29, 1.82) is 0 Å². The van der Waals surface area contributed by atoms with E-state index in [1.807, 2.05) is 38.1 Å². The Balaban J connectivity index is 2.15. The number of nitrogens with zero attached hydrogens (tertiary/aromatic N) is 2. The second-order valence-corrected chi connectivity index (χ2v) is 6.15. The number of halogens is 2. The van der Waals surface area contributed by atoms with Crippen molar-refractivity contribution >= 4 is 40.5 Å². The summed E-state index contributed by atoms with van der Waals surface area (Å²) in [6, 6.07) is 9.17. The van der Waals surface area contributed by atoms with Crippen LogP contribution in [0.25, 0.3) is 11.0 Å². The minimum Gasteiger partial charge on any atom is -0.324 e. The molecule has 0 atom stereocenters. The van der Waals surface area contributed by atoms with Crippen molar-refractivity contribution < 1.29 is 4.79 Å². The Labute approximate surface area is 138 Å². The van der Waals surface area contributed by atoms with Gasteiger partial charge in [0.05, 0.1) is 17.6 Å². The summed E-state index contributed by atoms with van der Waals surface area (Å²) in [4.78, 5) is 15.7. The number of carbonyl (C=O) groups is 1. The minimum absolute atomic E-state index is 0.583. The van der Waals surface area contributed by atoms with E-state index in [9.17, 15) is 4.79 Å². The summed E-state index contributed by atoms with van der Waals surface area (Å²) in [5.41, 5.74) is 4.44. The van der Waals surface area contributed by atoms with E-state index in [-0.39, 0.29) is 0 Å². The lowest BCUT2D eigenvalue weighted by molar-refractivity contribution is 0.112. The zero-order valence-corrected chi connectivity index (χ0v) is 13.7. The summed E-state index contributed by atoms with van der Waals surface area (Å²) < 4.78 is 2.06. The Morgan fingerprint density at radius 3 is 2.64 bits per heavy atom. The Bertz CT molecular complexity index is 884. The van der Waals surface area contributed by atoms with Gasteiger partial charge in [0.1, 0.15) is 12.1 Å². The average Bonchev–Trinajstić information content (AvgIpc) is 2.79. The Morgan fingerprint density at radius 1 is 1.18 bits per heavy atom. The van der Waals surface area contributed by atoms with Gasteiger partial charge in [-0.3, -0.25) is 4.79 Å². The third-order valence-corrected chi connectivity index (χ3v) is 4.32. The molecule has 5 heteroatoms. The maximum absolute atomic E-state index is 11.1. The number of hydrogen-bond donors (Lipinski definition) is 0. The lowest BCUT2D eigenvalue weighted by Gasteiger charge is -2.10. The Morgan fingerprint density at radius 2 is 1.95 bits per heavy atom. The van der Waals surface area contributed by atoms with Gasteiger partial charge in [0.15, 0.2) is 0 Å². The molecule has 3 rings (SSSR count). The first kappa shape index (κ1) is 15.1. The minimum atomic E-state index is 0.583. The second kappa shape index (κ2) is 5.75. The van der Waals surface area contributed by atoms with Gasteiger partial charge in [-0.25, -0.2) is 4.98 Å². The number of rotatable bonds is 3. The molecule has 0 N–H and O–H groups in total. The predicted molar refractivity (Wildman–Crippen MR) is 90.2 cm³/mol. The van der Waals surface area contributed by atoms with Crippen molar-refractivity contribution in [2.75, 3.05) is 0 Å². The van der Waals surface area contributed by atoms with Crippen LogP contribution in [0.15, 0.2) is 30.3 Å². The highest BCUT2D eigenvalue weighted by Gasteiger charge is 2.12. The van der Waals surface area contributed by atoms with E-state index in [1.54, 1.807) is 6.07 Å². The van der Waals surface area contributed by atoms with Crippen LogP contribution in [0.3, 0.4) is 0 Å². The van der Waals surface area contributed by atoms with E-state index in [2.05, 4.69) is 9.55 Å². The first-order valence-corrected chi connectivity index (χ1v) is 7.62. The lowest BCUT2D eigenvalue weighted by atomic mass is 10.1. The van der Waals surface area contributed by atoms with Crippen LogP contribution in [0.2, 0.25) is 10.0 Å². The van der Waals surface area contributed by atoms with Crippen LogP contribution in [0.5, 0.6) is 0 Å². The first-order chi connectivity index (χ1) is 10.5. The smallest absolute Gasteiger partial charge is 0.150 e. The topological polar surface area (TPSA) is 34.9 Å². The quantitative estimate of drug-likeness (QED) is 0.644. The summed E-state index contributed by atoms with van der Waals surface area (Å²) in [6.07, 6.45) is 0.856. The summed E-state index contributed by atoms with van der Waals surface area (Å²) in [7, 11) is 0. The van der Waals surface area contributed by atoms with Crippen LogP contribution in [0.4, 0.5) is 0 Å². The van der Waals surface area contributed by atoms with Gasteiger partial charge in [0.2, 0.25) is 0 Å². The Kier molecular flexibility index (Phi) is 3.94. The molecule has 0 aliphatic carbocycles. The average molecular weight is 333 g/mol. The van der Waals surface area contributed by atoms with E-state index < -0.39 is 0 Å².